The highest BCUT2D eigenvalue weighted by Gasteiger charge is 2.25. The van der Waals surface area contributed by atoms with Gasteiger partial charge in [-0.15, -0.1) is 0 Å². The van der Waals surface area contributed by atoms with Gasteiger partial charge in [0.25, 0.3) is 0 Å². The van der Waals surface area contributed by atoms with Gasteiger partial charge in [0.15, 0.2) is 0 Å². The van der Waals surface area contributed by atoms with Gasteiger partial charge in [0.05, 0.1) is 6.42 Å². The molecule has 1 amide bonds. The number of benzene rings is 2. The van der Waals surface area contributed by atoms with Crippen molar-refractivity contribution in [1.29, 1.82) is 0 Å². The fraction of sp³-hybridized carbons (Fsp3) is 0.300. The van der Waals surface area contributed by atoms with E-state index in [1.165, 1.54) is 12.1 Å². The van der Waals surface area contributed by atoms with E-state index in [4.69, 9.17) is 4.74 Å². The zero-order chi connectivity index (χ0) is 18.2. The van der Waals surface area contributed by atoms with E-state index in [2.05, 4.69) is 5.32 Å². The summed E-state index contributed by atoms with van der Waals surface area (Å²) < 4.78 is 18.2. The van der Waals surface area contributed by atoms with Crippen LogP contribution in [0.25, 0.3) is 0 Å². The third-order valence-corrected chi connectivity index (χ3v) is 3.74. The number of carbonyl (C=O) groups excluding carboxylic acids is 2. The van der Waals surface area contributed by atoms with Crippen molar-refractivity contribution in [2.75, 3.05) is 0 Å². The van der Waals surface area contributed by atoms with Crippen LogP contribution in [0.1, 0.15) is 25.0 Å². The summed E-state index contributed by atoms with van der Waals surface area (Å²) in [6, 6.07) is 14.3. The van der Waals surface area contributed by atoms with Gasteiger partial charge in [-0.25, -0.2) is 9.18 Å². The van der Waals surface area contributed by atoms with E-state index in [-0.39, 0.29) is 30.7 Å². The second-order valence-corrected chi connectivity index (χ2v) is 6.19. The summed E-state index contributed by atoms with van der Waals surface area (Å²) in [5.41, 5.74) is 1.56. The first kappa shape index (κ1) is 18.6. The summed E-state index contributed by atoms with van der Waals surface area (Å²) >= 11 is 0. The van der Waals surface area contributed by atoms with Crippen molar-refractivity contribution < 1.29 is 18.7 Å². The first-order valence-electron chi connectivity index (χ1n) is 8.20. The van der Waals surface area contributed by atoms with E-state index in [0.717, 1.165) is 5.56 Å². The predicted octanol–water partition coefficient (Wildman–Crippen LogP) is 3.25. The number of hydrogen-bond acceptors (Lipinski definition) is 3. The monoisotopic (exact) mass is 343 g/mol. The van der Waals surface area contributed by atoms with Crippen LogP contribution in [0.5, 0.6) is 0 Å². The number of nitrogens with one attached hydrogen (secondary N) is 1. The van der Waals surface area contributed by atoms with Gasteiger partial charge in [-0.2, -0.15) is 0 Å². The zero-order valence-corrected chi connectivity index (χ0v) is 14.4. The van der Waals surface area contributed by atoms with E-state index in [1.807, 2.05) is 44.2 Å². The molecule has 1 atom stereocenters. The minimum absolute atomic E-state index is 0.0386. The molecular formula is C20H22FNO3. The molecule has 0 saturated carbocycles. The van der Waals surface area contributed by atoms with Gasteiger partial charge in [0.2, 0.25) is 5.91 Å². The molecule has 132 valence electrons. The molecule has 2 aromatic rings. The van der Waals surface area contributed by atoms with Gasteiger partial charge in [-0.1, -0.05) is 56.3 Å². The van der Waals surface area contributed by atoms with Crippen LogP contribution < -0.4 is 5.32 Å². The molecule has 25 heavy (non-hydrogen) atoms. The second-order valence-electron chi connectivity index (χ2n) is 6.19. The van der Waals surface area contributed by atoms with E-state index in [9.17, 15) is 14.0 Å². The second kappa shape index (κ2) is 8.97. The Balaban J connectivity index is 1.91. The highest BCUT2D eigenvalue weighted by atomic mass is 19.1. The van der Waals surface area contributed by atoms with Gasteiger partial charge in [-0.05, 0) is 29.2 Å². The molecule has 0 saturated heterocycles. The summed E-state index contributed by atoms with van der Waals surface area (Å²) in [4.78, 5) is 24.5. The van der Waals surface area contributed by atoms with Crippen LogP contribution >= 0.6 is 0 Å². The van der Waals surface area contributed by atoms with Crippen molar-refractivity contribution in [3.63, 3.8) is 0 Å². The smallest absolute Gasteiger partial charge is 0.329 e. The topological polar surface area (TPSA) is 55.4 Å². The van der Waals surface area contributed by atoms with Gasteiger partial charge in [-0.3, -0.25) is 4.79 Å². The van der Waals surface area contributed by atoms with Crippen LogP contribution in [0.2, 0.25) is 0 Å². The molecule has 5 heteroatoms. The number of rotatable bonds is 7. The molecule has 4 nitrogen and oxygen atoms in total. The van der Waals surface area contributed by atoms with Crippen molar-refractivity contribution >= 4 is 11.9 Å². The highest BCUT2D eigenvalue weighted by molar-refractivity contribution is 5.85. The summed E-state index contributed by atoms with van der Waals surface area (Å²) in [6.07, 6.45) is 0.204. The SMILES string of the molecule is CC(C)[C@H](NC(=O)Cc1ccccc1)C(=O)OCc1ccc(F)cc1. The standard InChI is InChI=1S/C20H22FNO3/c1-14(2)19(22-18(23)12-15-6-4-3-5-7-15)20(24)25-13-16-8-10-17(21)11-9-16/h3-11,14,19H,12-13H2,1-2H3,(H,22,23)/t19-/m0/s1. The summed E-state index contributed by atoms with van der Waals surface area (Å²) in [5.74, 6) is -1.19. The average Bonchev–Trinajstić information content (AvgIpc) is 2.59. The third-order valence-electron chi connectivity index (χ3n) is 3.74. The van der Waals surface area contributed by atoms with E-state index in [1.54, 1.807) is 12.1 Å². The molecule has 0 radical (unpaired) electrons. The maximum Gasteiger partial charge on any atom is 0.329 e. The van der Waals surface area contributed by atoms with Crippen LogP contribution in [0.4, 0.5) is 4.39 Å². The lowest BCUT2D eigenvalue weighted by atomic mass is 10.0. The molecule has 0 bridgehead atoms. The lowest BCUT2D eigenvalue weighted by Crippen LogP contribution is -2.45. The number of carbonyl (C=O) groups is 2. The highest BCUT2D eigenvalue weighted by Crippen LogP contribution is 2.09. The van der Waals surface area contributed by atoms with Gasteiger partial charge in [0.1, 0.15) is 18.5 Å². The zero-order valence-electron chi connectivity index (χ0n) is 14.4. The Kier molecular flexibility index (Phi) is 6.69. The molecule has 1 N–H and O–H groups in total. The van der Waals surface area contributed by atoms with Crippen molar-refractivity contribution in [1.82, 2.24) is 5.32 Å². The van der Waals surface area contributed by atoms with E-state index >= 15 is 0 Å². The summed E-state index contributed by atoms with van der Waals surface area (Å²) in [5, 5.41) is 2.74. The van der Waals surface area contributed by atoms with Crippen molar-refractivity contribution in [3.05, 3.63) is 71.5 Å². The molecule has 2 rings (SSSR count). The summed E-state index contributed by atoms with van der Waals surface area (Å²) in [6.45, 7) is 3.72. The normalized spacial score (nSPS) is 11.8. The molecule has 0 aliphatic carbocycles. The molecule has 2 aromatic carbocycles. The number of halogens is 1. The average molecular weight is 343 g/mol. The van der Waals surface area contributed by atoms with Crippen molar-refractivity contribution in [2.24, 2.45) is 5.92 Å². The Morgan fingerprint density at radius 1 is 1.00 bits per heavy atom. The quantitative estimate of drug-likeness (QED) is 0.785. The van der Waals surface area contributed by atoms with Gasteiger partial charge >= 0.3 is 5.97 Å². The van der Waals surface area contributed by atoms with E-state index < -0.39 is 12.0 Å². The lowest BCUT2D eigenvalue weighted by Gasteiger charge is -2.21. The van der Waals surface area contributed by atoms with Crippen molar-refractivity contribution in [3.8, 4) is 0 Å². The molecule has 0 aromatic heterocycles. The fourth-order valence-electron chi connectivity index (χ4n) is 2.33. The van der Waals surface area contributed by atoms with Crippen LogP contribution in [0.15, 0.2) is 54.6 Å². The van der Waals surface area contributed by atoms with Crippen LogP contribution in [0, 0.1) is 11.7 Å². The molecule has 0 heterocycles. The summed E-state index contributed by atoms with van der Waals surface area (Å²) in [7, 11) is 0. The molecular weight excluding hydrogens is 321 g/mol. The molecule has 0 fully saturated rings. The van der Waals surface area contributed by atoms with Crippen LogP contribution in [-0.2, 0) is 27.4 Å². The van der Waals surface area contributed by atoms with Crippen LogP contribution in [0.3, 0.4) is 0 Å². The Bertz CT molecular complexity index is 699. The first-order valence-corrected chi connectivity index (χ1v) is 8.20. The Morgan fingerprint density at radius 2 is 1.64 bits per heavy atom. The minimum Gasteiger partial charge on any atom is -0.459 e. The van der Waals surface area contributed by atoms with Gasteiger partial charge < -0.3 is 10.1 Å². The Hall–Kier alpha value is -2.69. The minimum atomic E-state index is -0.725. The maximum atomic E-state index is 12.9. The van der Waals surface area contributed by atoms with Gasteiger partial charge in [0, 0.05) is 0 Å². The largest absolute Gasteiger partial charge is 0.459 e. The molecule has 0 spiro atoms. The number of esters is 1. The molecule has 0 unspecified atom stereocenters. The Morgan fingerprint density at radius 3 is 2.24 bits per heavy atom. The number of hydrogen-bond donors (Lipinski definition) is 1. The Labute approximate surface area is 147 Å². The first-order chi connectivity index (χ1) is 12.0. The maximum absolute atomic E-state index is 12.9. The molecule has 0 aliphatic rings. The number of ether oxygens (including phenoxy) is 1. The molecule has 0 aliphatic heterocycles. The van der Waals surface area contributed by atoms with Crippen LogP contribution in [-0.4, -0.2) is 17.9 Å². The lowest BCUT2D eigenvalue weighted by molar-refractivity contribution is -0.150. The predicted molar refractivity (Wildman–Crippen MR) is 93.1 cm³/mol. The number of amides is 1. The fourth-order valence-corrected chi connectivity index (χ4v) is 2.33. The van der Waals surface area contributed by atoms with Crippen molar-refractivity contribution in [2.45, 2.75) is 32.9 Å². The van der Waals surface area contributed by atoms with E-state index in [0.29, 0.717) is 5.56 Å². The third kappa shape index (κ3) is 6.03.